The number of hydrogen-bond donors (Lipinski definition) is 1. The summed E-state index contributed by atoms with van der Waals surface area (Å²) < 4.78 is 1.98. The van der Waals surface area contributed by atoms with E-state index >= 15 is 0 Å². The fourth-order valence-electron chi connectivity index (χ4n) is 3.76. The minimum Gasteiger partial charge on any atom is -0.344 e. The van der Waals surface area contributed by atoms with Crippen molar-refractivity contribution in [2.75, 3.05) is 0 Å². The summed E-state index contributed by atoms with van der Waals surface area (Å²) in [4.78, 5) is 17.1. The lowest BCUT2D eigenvalue weighted by Crippen LogP contribution is -2.27. The third-order valence-corrected chi connectivity index (χ3v) is 5.43. The van der Waals surface area contributed by atoms with Gasteiger partial charge in [-0.25, -0.2) is 0 Å². The van der Waals surface area contributed by atoms with Gasteiger partial charge in [0.1, 0.15) is 0 Å². The quantitative estimate of drug-likeness (QED) is 0.762. The standard InChI is InChI=1S/C22H19N5O/c23-13-14-2-1-3-17(10-14)22(28)25-18-7-9-27-21(18)12-20(26-27)16-6-8-24-19(11-16)15-4-5-15/h1-3,6,8,10-12,15,18H,4-5,7,9H2,(H,25,28)/t18-/m1/s1. The lowest BCUT2D eigenvalue weighted by atomic mass is 10.1. The molecule has 1 saturated carbocycles. The number of amides is 1. The molecule has 6 nitrogen and oxygen atoms in total. The minimum atomic E-state index is -0.168. The van der Waals surface area contributed by atoms with Crippen molar-refractivity contribution < 1.29 is 4.79 Å². The summed E-state index contributed by atoms with van der Waals surface area (Å²) in [6.45, 7) is 0.777. The average molecular weight is 369 g/mol. The molecule has 0 unspecified atom stereocenters. The van der Waals surface area contributed by atoms with Gasteiger partial charge in [-0.3, -0.25) is 14.5 Å². The minimum absolute atomic E-state index is 0.0794. The van der Waals surface area contributed by atoms with Crippen LogP contribution in [0.3, 0.4) is 0 Å². The number of nitriles is 1. The molecule has 6 heteroatoms. The molecule has 138 valence electrons. The van der Waals surface area contributed by atoms with E-state index in [1.807, 2.05) is 16.9 Å². The van der Waals surface area contributed by atoms with Crippen LogP contribution in [0.15, 0.2) is 48.7 Å². The molecule has 5 rings (SSSR count). The Kier molecular flexibility index (Phi) is 3.94. The largest absolute Gasteiger partial charge is 0.344 e. The number of benzene rings is 1. The van der Waals surface area contributed by atoms with E-state index in [9.17, 15) is 4.79 Å². The molecule has 1 N–H and O–H groups in total. The SMILES string of the molecule is N#Cc1cccc(C(=O)N[C@@H]2CCn3nc(-c4ccnc(C5CC5)c4)cc32)c1. The predicted molar refractivity (Wildman–Crippen MR) is 103 cm³/mol. The van der Waals surface area contributed by atoms with Crippen LogP contribution in [0, 0.1) is 11.3 Å². The monoisotopic (exact) mass is 369 g/mol. The third-order valence-electron chi connectivity index (χ3n) is 5.43. The normalized spacial score (nSPS) is 17.8. The Balaban J connectivity index is 1.37. The Bertz CT molecular complexity index is 1110. The van der Waals surface area contributed by atoms with Crippen molar-refractivity contribution in [3.8, 4) is 17.3 Å². The average Bonchev–Trinajstić information content (AvgIpc) is 3.40. The van der Waals surface area contributed by atoms with Crippen LogP contribution in [0.25, 0.3) is 11.3 Å². The molecule has 1 aromatic carbocycles. The lowest BCUT2D eigenvalue weighted by molar-refractivity contribution is 0.0936. The molecule has 1 fully saturated rings. The van der Waals surface area contributed by atoms with Gasteiger partial charge in [-0.15, -0.1) is 0 Å². The first-order valence-corrected chi connectivity index (χ1v) is 9.56. The number of rotatable bonds is 4. The number of nitrogens with one attached hydrogen (secondary N) is 1. The van der Waals surface area contributed by atoms with Gasteiger partial charge in [-0.1, -0.05) is 6.07 Å². The van der Waals surface area contributed by atoms with E-state index in [-0.39, 0.29) is 11.9 Å². The predicted octanol–water partition coefficient (Wildman–Crippen LogP) is 3.57. The summed E-state index contributed by atoms with van der Waals surface area (Å²) >= 11 is 0. The first-order chi connectivity index (χ1) is 13.7. The van der Waals surface area contributed by atoms with Crippen molar-refractivity contribution in [3.05, 3.63) is 71.2 Å². The Labute approximate surface area is 162 Å². The number of aryl methyl sites for hydroxylation is 1. The molecular weight excluding hydrogens is 350 g/mol. The molecule has 2 aromatic heterocycles. The smallest absolute Gasteiger partial charge is 0.251 e. The maximum absolute atomic E-state index is 12.6. The topological polar surface area (TPSA) is 83.6 Å². The van der Waals surface area contributed by atoms with Crippen LogP contribution in [0.2, 0.25) is 0 Å². The zero-order chi connectivity index (χ0) is 19.1. The summed E-state index contributed by atoms with van der Waals surface area (Å²) in [5, 5.41) is 16.8. The molecule has 0 bridgehead atoms. The van der Waals surface area contributed by atoms with E-state index < -0.39 is 0 Å². The van der Waals surface area contributed by atoms with Gasteiger partial charge in [-0.05, 0) is 55.7 Å². The number of nitrogens with zero attached hydrogens (tertiary/aromatic N) is 4. The van der Waals surface area contributed by atoms with Gasteiger partial charge in [0.05, 0.1) is 29.1 Å². The number of carbonyl (C=O) groups is 1. The van der Waals surface area contributed by atoms with Crippen molar-refractivity contribution in [1.82, 2.24) is 20.1 Å². The highest BCUT2D eigenvalue weighted by Gasteiger charge is 2.28. The van der Waals surface area contributed by atoms with Crippen LogP contribution in [0.5, 0.6) is 0 Å². The number of carbonyl (C=O) groups excluding carboxylic acids is 1. The summed E-state index contributed by atoms with van der Waals surface area (Å²) in [5.74, 6) is 0.434. The van der Waals surface area contributed by atoms with E-state index in [0.717, 1.165) is 35.6 Å². The summed E-state index contributed by atoms with van der Waals surface area (Å²) in [5.41, 5.74) is 5.14. The number of hydrogen-bond acceptors (Lipinski definition) is 4. The molecule has 1 amide bonds. The van der Waals surface area contributed by atoms with Gasteiger partial charge in [0.2, 0.25) is 0 Å². The highest BCUT2D eigenvalue weighted by molar-refractivity contribution is 5.94. The highest BCUT2D eigenvalue weighted by Crippen LogP contribution is 2.40. The van der Waals surface area contributed by atoms with E-state index in [1.165, 1.54) is 12.8 Å². The van der Waals surface area contributed by atoms with E-state index in [1.54, 1.807) is 24.3 Å². The summed E-state index contributed by atoms with van der Waals surface area (Å²) in [6.07, 6.45) is 5.11. The van der Waals surface area contributed by atoms with E-state index in [4.69, 9.17) is 10.4 Å². The van der Waals surface area contributed by atoms with E-state index in [2.05, 4.69) is 28.5 Å². The molecule has 0 radical (unpaired) electrons. The second-order valence-electron chi connectivity index (χ2n) is 7.43. The zero-order valence-corrected chi connectivity index (χ0v) is 15.3. The molecule has 28 heavy (non-hydrogen) atoms. The lowest BCUT2D eigenvalue weighted by Gasteiger charge is -2.12. The first kappa shape index (κ1) is 16.7. The van der Waals surface area contributed by atoms with Crippen LogP contribution in [0.4, 0.5) is 0 Å². The van der Waals surface area contributed by atoms with Gasteiger partial charge in [0.15, 0.2) is 0 Å². The molecule has 1 aliphatic heterocycles. The zero-order valence-electron chi connectivity index (χ0n) is 15.3. The van der Waals surface area contributed by atoms with Gasteiger partial charge in [-0.2, -0.15) is 10.4 Å². The van der Waals surface area contributed by atoms with Crippen LogP contribution in [-0.2, 0) is 6.54 Å². The van der Waals surface area contributed by atoms with Crippen LogP contribution < -0.4 is 5.32 Å². The van der Waals surface area contributed by atoms with Gasteiger partial charge in [0, 0.05) is 35.5 Å². The molecule has 3 heterocycles. The third kappa shape index (κ3) is 3.05. The second-order valence-corrected chi connectivity index (χ2v) is 7.43. The summed E-state index contributed by atoms with van der Waals surface area (Å²) in [6, 6.07) is 14.9. The van der Waals surface area contributed by atoms with Crippen molar-refractivity contribution in [3.63, 3.8) is 0 Å². The molecule has 3 aromatic rings. The van der Waals surface area contributed by atoms with Crippen molar-refractivity contribution in [2.24, 2.45) is 0 Å². The molecule has 1 aliphatic carbocycles. The van der Waals surface area contributed by atoms with E-state index in [0.29, 0.717) is 17.0 Å². The molecule has 0 spiro atoms. The van der Waals surface area contributed by atoms with Crippen molar-refractivity contribution >= 4 is 5.91 Å². The number of pyridine rings is 1. The van der Waals surface area contributed by atoms with Gasteiger partial charge >= 0.3 is 0 Å². The fraction of sp³-hybridized carbons (Fsp3) is 0.273. The second kappa shape index (κ2) is 6.61. The molecule has 2 aliphatic rings. The summed E-state index contributed by atoms with van der Waals surface area (Å²) in [7, 11) is 0. The van der Waals surface area contributed by atoms with Crippen LogP contribution in [-0.4, -0.2) is 20.7 Å². The number of aromatic nitrogens is 3. The molecule has 1 atom stereocenters. The van der Waals surface area contributed by atoms with Crippen molar-refractivity contribution in [1.29, 1.82) is 5.26 Å². The maximum Gasteiger partial charge on any atom is 0.251 e. The molecule has 0 saturated heterocycles. The first-order valence-electron chi connectivity index (χ1n) is 9.56. The maximum atomic E-state index is 12.6. The number of fused-ring (bicyclic) bond motifs is 1. The van der Waals surface area contributed by atoms with Crippen molar-refractivity contribution in [2.45, 2.75) is 37.8 Å². The molecular formula is C22H19N5O. The van der Waals surface area contributed by atoms with Gasteiger partial charge in [0.25, 0.3) is 5.91 Å². The Morgan fingerprint density at radius 3 is 2.89 bits per heavy atom. The fourth-order valence-corrected chi connectivity index (χ4v) is 3.76. The van der Waals surface area contributed by atoms with Gasteiger partial charge < -0.3 is 5.32 Å². The Morgan fingerprint density at radius 1 is 1.18 bits per heavy atom. The van der Waals surface area contributed by atoms with Crippen LogP contribution >= 0.6 is 0 Å². The van der Waals surface area contributed by atoms with Crippen LogP contribution in [0.1, 0.15) is 58.5 Å². The highest BCUT2D eigenvalue weighted by atomic mass is 16.1. The Morgan fingerprint density at radius 2 is 2.07 bits per heavy atom. The Hall–Kier alpha value is -3.46.